The average molecular weight is 471 g/mol. The number of imide groups is 1. The third kappa shape index (κ3) is 5.08. The third-order valence-electron chi connectivity index (χ3n) is 4.20. The molecule has 2 amide bonds. The van der Waals surface area contributed by atoms with Gasteiger partial charge in [0.1, 0.15) is 12.4 Å². The Morgan fingerprint density at radius 1 is 1.24 bits per heavy atom. The number of hydrogen-bond acceptors (Lipinski definition) is 5. The fraction of sp³-hybridized carbons (Fsp3) is 0.227. The summed E-state index contributed by atoms with van der Waals surface area (Å²) in [6.45, 7) is 4.55. The first-order valence-corrected chi connectivity index (χ1v) is 10.7. The average Bonchev–Trinajstić information content (AvgIpc) is 2.94. The Hall–Kier alpha value is -2.56. The van der Waals surface area contributed by atoms with Crippen LogP contribution in [-0.2, 0) is 11.4 Å². The Labute approximate surface area is 182 Å². The van der Waals surface area contributed by atoms with E-state index in [1.54, 1.807) is 24.3 Å². The summed E-state index contributed by atoms with van der Waals surface area (Å²) in [5.74, 6) is 0.485. The zero-order valence-corrected chi connectivity index (χ0v) is 18.4. The molecule has 0 radical (unpaired) electrons. The van der Waals surface area contributed by atoms with Gasteiger partial charge in [0.15, 0.2) is 0 Å². The van der Waals surface area contributed by atoms with Gasteiger partial charge in [-0.1, -0.05) is 48.0 Å². The Bertz CT molecular complexity index is 1030. The molecular formula is C22H19BrN2O3S. The second kappa shape index (κ2) is 9.29. The summed E-state index contributed by atoms with van der Waals surface area (Å²) in [5, 5.41) is 8.99. The topological polar surface area (TPSA) is 70.4 Å². The van der Waals surface area contributed by atoms with Gasteiger partial charge in [0.05, 0.1) is 16.5 Å². The highest BCUT2D eigenvalue weighted by Crippen LogP contribution is 2.35. The lowest BCUT2D eigenvalue weighted by atomic mass is 10.1. The largest absolute Gasteiger partial charge is 0.488 e. The first-order valence-electron chi connectivity index (χ1n) is 9.04. The van der Waals surface area contributed by atoms with E-state index in [-0.39, 0.29) is 23.7 Å². The molecule has 0 atom stereocenters. The van der Waals surface area contributed by atoms with E-state index in [1.807, 2.05) is 38.1 Å². The Balaban J connectivity index is 1.86. The highest BCUT2D eigenvalue weighted by Gasteiger charge is 2.35. The molecule has 0 bridgehead atoms. The number of rotatable bonds is 6. The van der Waals surface area contributed by atoms with E-state index in [4.69, 9.17) is 4.74 Å². The second-order valence-electron chi connectivity index (χ2n) is 6.93. The summed E-state index contributed by atoms with van der Waals surface area (Å²) in [6, 6.07) is 14.9. The maximum Gasteiger partial charge on any atom is 0.293 e. The lowest BCUT2D eigenvalue weighted by Crippen LogP contribution is -2.31. The standard InChI is InChI=1S/C22H19BrN2O3S/c1-14(2)12-25-21(26)20(29-22(25)27)10-17-9-18(23)7-8-19(17)28-13-16-6-4-3-5-15(16)11-24/h3-10,14H,12-13H2,1-2H3/b20-10+. The lowest BCUT2D eigenvalue weighted by Gasteiger charge is -2.14. The summed E-state index contributed by atoms with van der Waals surface area (Å²) in [4.78, 5) is 26.5. The molecule has 0 N–H and O–H groups in total. The molecule has 1 aliphatic rings. The molecule has 7 heteroatoms. The number of hydrogen-bond donors (Lipinski definition) is 0. The van der Waals surface area contributed by atoms with Crippen LogP contribution in [0.1, 0.15) is 30.5 Å². The van der Waals surface area contributed by atoms with Gasteiger partial charge in [-0.3, -0.25) is 14.5 Å². The van der Waals surface area contributed by atoms with Crippen molar-refractivity contribution in [1.82, 2.24) is 4.90 Å². The molecule has 3 rings (SSSR count). The van der Waals surface area contributed by atoms with Gasteiger partial charge in [-0.05, 0) is 48.0 Å². The quantitative estimate of drug-likeness (QED) is 0.514. The van der Waals surface area contributed by atoms with Crippen LogP contribution in [0, 0.1) is 17.2 Å². The fourth-order valence-electron chi connectivity index (χ4n) is 2.84. The Kier molecular flexibility index (Phi) is 6.78. The Morgan fingerprint density at radius 2 is 2.00 bits per heavy atom. The molecule has 0 aromatic heterocycles. The maximum atomic E-state index is 12.6. The molecule has 1 fully saturated rings. The Morgan fingerprint density at radius 3 is 2.72 bits per heavy atom. The van der Waals surface area contributed by atoms with E-state index >= 15 is 0 Å². The highest BCUT2D eigenvalue weighted by atomic mass is 79.9. The number of ether oxygens (including phenoxy) is 1. The minimum Gasteiger partial charge on any atom is -0.488 e. The van der Waals surface area contributed by atoms with E-state index in [9.17, 15) is 14.9 Å². The van der Waals surface area contributed by atoms with Crippen LogP contribution in [0.4, 0.5) is 4.79 Å². The van der Waals surface area contributed by atoms with E-state index in [0.29, 0.717) is 28.3 Å². The smallest absolute Gasteiger partial charge is 0.293 e. The number of nitriles is 1. The molecule has 0 saturated carbocycles. The summed E-state index contributed by atoms with van der Waals surface area (Å²) in [6.07, 6.45) is 1.68. The number of thioether (sulfide) groups is 1. The molecule has 1 saturated heterocycles. The molecule has 29 heavy (non-hydrogen) atoms. The highest BCUT2D eigenvalue weighted by molar-refractivity contribution is 9.10. The first-order chi connectivity index (χ1) is 13.9. The number of carbonyl (C=O) groups excluding carboxylic acids is 2. The van der Waals surface area contributed by atoms with Crippen LogP contribution in [0.2, 0.25) is 0 Å². The molecule has 1 heterocycles. The molecule has 2 aromatic carbocycles. The number of amides is 2. The van der Waals surface area contributed by atoms with Crippen LogP contribution < -0.4 is 4.74 Å². The van der Waals surface area contributed by atoms with E-state index < -0.39 is 0 Å². The molecule has 0 aliphatic carbocycles. The predicted molar refractivity (Wildman–Crippen MR) is 117 cm³/mol. The molecule has 1 aliphatic heterocycles. The van der Waals surface area contributed by atoms with Gasteiger partial charge in [-0.15, -0.1) is 0 Å². The maximum absolute atomic E-state index is 12.6. The van der Waals surface area contributed by atoms with Crippen molar-refractivity contribution in [3.8, 4) is 11.8 Å². The van der Waals surface area contributed by atoms with Crippen LogP contribution in [0.3, 0.4) is 0 Å². The van der Waals surface area contributed by atoms with Gasteiger partial charge in [0, 0.05) is 22.1 Å². The van der Waals surface area contributed by atoms with Crippen LogP contribution >= 0.6 is 27.7 Å². The summed E-state index contributed by atoms with van der Waals surface area (Å²) < 4.78 is 6.78. The van der Waals surface area contributed by atoms with Crippen molar-refractivity contribution in [3.63, 3.8) is 0 Å². The van der Waals surface area contributed by atoms with Gasteiger partial charge >= 0.3 is 0 Å². The van der Waals surface area contributed by atoms with Gasteiger partial charge in [0.2, 0.25) is 0 Å². The van der Waals surface area contributed by atoms with Gasteiger partial charge in [0.25, 0.3) is 11.1 Å². The molecule has 2 aromatic rings. The predicted octanol–water partition coefficient (Wildman–Crippen LogP) is 5.59. The van der Waals surface area contributed by atoms with Crippen LogP contribution in [0.5, 0.6) is 5.75 Å². The van der Waals surface area contributed by atoms with Crippen molar-refractivity contribution in [1.29, 1.82) is 5.26 Å². The number of nitrogens with zero attached hydrogens (tertiary/aromatic N) is 2. The molecular weight excluding hydrogens is 452 g/mol. The monoisotopic (exact) mass is 470 g/mol. The molecule has 148 valence electrons. The van der Waals surface area contributed by atoms with Crippen LogP contribution in [0.25, 0.3) is 6.08 Å². The minimum absolute atomic E-state index is 0.202. The van der Waals surface area contributed by atoms with Crippen molar-refractivity contribution in [2.45, 2.75) is 20.5 Å². The van der Waals surface area contributed by atoms with Crippen molar-refractivity contribution >= 4 is 44.9 Å². The van der Waals surface area contributed by atoms with Gasteiger partial charge in [-0.2, -0.15) is 5.26 Å². The summed E-state index contributed by atoms with van der Waals surface area (Å²) in [7, 11) is 0. The zero-order valence-electron chi connectivity index (χ0n) is 16.0. The zero-order chi connectivity index (χ0) is 21.0. The van der Waals surface area contributed by atoms with E-state index in [2.05, 4.69) is 22.0 Å². The van der Waals surface area contributed by atoms with Crippen molar-refractivity contribution in [3.05, 3.63) is 68.5 Å². The van der Waals surface area contributed by atoms with Crippen molar-refractivity contribution < 1.29 is 14.3 Å². The molecule has 0 spiro atoms. The van der Waals surface area contributed by atoms with E-state index in [1.165, 1.54) is 4.90 Å². The second-order valence-corrected chi connectivity index (χ2v) is 8.83. The third-order valence-corrected chi connectivity index (χ3v) is 5.60. The minimum atomic E-state index is -0.283. The number of carbonyl (C=O) groups is 2. The van der Waals surface area contributed by atoms with E-state index in [0.717, 1.165) is 21.8 Å². The number of benzene rings is 2. The SMILES string of the molecule is CC(C)CN1C(=O)S/C(=C/c2cc(Br)ccc2OCc2ccccc2C#N)C1=O. The fourth-order valence-corrected chi connectivity index (χ4v) is 4.06. The number of halogens is 1. The van der Waals surface area contributed by atoms with Crippen molar-refractivity contribution in [2.75, 3.05) is 6.54 Å². The molecule has 0 unspecified atom stereocenters. The van der Waals surface area contributed by atoms with Crippen LogP contribution in [-0.4, -0.2) is 22.6 Å². The normalized spacial score (nSPS) is 15.3. The molecule has 5 nitrogen and oxygen atoms in total. The summed E-state index contributed by atoms with van der Waals surface area (Å²) >= 11 is 4.38. The van der Waals surface area contributed by atoms with Crippen molar-refractivity contribution in [2.24, 2.45) is 5.92 Å². The van der Waals surface area contributed by atoms with Gasteiger partial charge in [-0.25, -0.2) is 0 Å². The van der Waals surface area contributed by atoms with Crippen LogP contribution in [0.15, 0.2) is 51.8 Å². The lowest BCUT2D eigenvalue weighted by molar-refractivity contribution is -0.123. The summed E-state index contributed by atoms with van der Waals surface area (Å²) in [5.41, 5.74) is 2.02. The first kappa shape index (κ1) is 21.2. The van der Waals surface area contributed by atoms with Gasteiger partial charge < -0.3 is 4.74 Å².